The van der Waals surface area contributed by atoms with Gasteiger partial charge in [0.2, 0.25) is 0 Å². The van der Waals surface area contributed by atoms with Crippen molar-refractivity contribution in [2.45, 2.75) is 19.4 Å². The lowest BCUT2D eigenvalue weighted by Gasteiger charge is -2.09. The number of rotatable bonds is 3. The molecule has 2 rings (SSSR count). The Bertz CT molecular complexity index is 432. The van der Waals surface area contributed by atoms with Gasteiger partial charge in [-0.2, -0.15) is 0 Å². The van der Waals surface area contributed by atoms with E-state index in [-0.39, 0.29) is 0 Å². The molecule has 1 aromatic carbocycles. The third-order valence-electron chi connectivity index (χ3n) is 2.62. The minimum atomic E-state index is 0.423. The zero-order chi connectivity index (χ0) is 12.3. The van der Waals surface area contributed by atoms with Crippen molar-refractivity contribution in [1.29, 1.82) is 0 Å². The number of halogens is 2. The molecule has 5 heteroatoms. The number of guanidine groups is 1. The van der Waals surface area contributed by atoms with Crippen LogP contribution in [0.5, 0.6) is 0 Å². The van der Waals surface area contributed by atoms with E-state index in [9.17, 15) is 0 Å². The highest BCUT2D eigenvalue weighted by atomic mass is 35.5. The normalized spacial score (nSPS) is 18.8. The first kappa shape index (κ1) is 12.5. The van der Waals surface area contributed by atoms with Crippen LogP contribution in [-0.4, -0.2) is 25.1 Å². The van der Waals surface area contributed by atoms with E-state index in [2.05, 4.69) is 22.5 Å². The van der Waals surface area contributed by atoms with Crippen LogP contribution in [0.4, 0.5) is 0 Å². The Morgan fingerprint density at radius 1 is 1.47 bits per heavy atom. The van der Waals surface area contributed by atoms with Gasteiger partial charge in [0.05, 0.1) is 16.6 Å². The van der Waals surface area contributed by atoms with Crippen LogP contribution in [0.25, 0.3) is 0 Å². The van der Waals surface area contributed by atoms with Crippen LogP contribution >= 0.6 is 23.2 Å². The van der Waals surface area contributed by atoms with Crippen molar-refractivity contribution in [1.82, 2.24) is 10.6 Å². The van der Waals surface area contributed by atoms with Gasteiger partial charge in [0, 0.05) is 12.6 Å². The molecule has 1 aromatic rings. The Morgan fingerprint density at radius 3 is 3.00 bits per heavy atom. The maximum absolute atomic E-state index is 6.11. The summed E-state index contributed by atoms with van der Waals surface area (Å²) in [4.78, 5) is 4.32. The van der Waals surface area contributed by atoms with Crippen LogP contribution < -0.4 is 10.6 Å². The fraction of sp³-hybridized carbons (Fsp3) is 0.417. The van der Waals surface area contributed by atoms with Gasteiger partial charge in [-0.05, 0) is 25.0 Å². The van der Waals surface area contributed by atoms with Crippen molar-refractivity contribution in [2.75, 3.05) is 13.1 Å². The summed E-state index contributed by atoms with van der Waals surface area (Å²) in [6, 6.07) is 6.12. The summed E-state index contributed by atoms with van der Waals surface area (Å²) in [6.45, 7) is 3.73. The van der Waals surface area contributed by atoms with E-state index in [1.54, 1.807) is 6.07 Å². The Balaban J connectivity index is 1.84. The Labute approximate surface area is 111 Å². The first-order valence-electron chi connectivity index (χ1n) is 5.64. The molecule has 2 N–H and O–H groups in total. The Kier molecular flexibility index (Phi) is 4.13. The summed E-state index contributed by atoms with van der Waals surface area (Å²) in [5.41, 5.74) is 1.05. The van der Waals surface area contributed by atoms with Crippen molar-refractivity contribution >= 4 is 29.2 Å². The molecule has 0 fully saturated rings. The molecule has 0 bridgehead atoms. The average molecular weight is 272 g/mol. The van der Waals surface area contributed by atoms with E-state index in [1.165, 1.54) is 0 Å². The van der Waals surface area contributed by atoms with Crippen molar-refractivity contribution < 1.29 is 0 Å². The van der Waals surface area contributed by atoms with Gasteiger partial charge in [0.15, 0.2) is 5.96 Å². The smallest absolute Gasteiger partial charge is 0.191 e. The average Bonchev–Trinajstić information content (AvgIpc) is 2.70. The molecule has 0 spiro atoms. The third kappa shape index (κ3) is 3.27. The fourth-order valence-corrected chi connectivity index (χ4v) is 2.13. The highest BCUT2D eigenvalue weighted by molar-refractivity contribution is 6.42. The zero-order valence-electron chi connectivity index (χ0n) is 9.63. The molecule has 0 amide bonds. The molecule has 0 saturated carbocycles. The summed E-state index contributed by atoms with van der Waals surface area (Å²) in [6.07, 6.45) is 0.828. The summed E-state index contributed by atoms with van der Waals surface area (Å²) in [7, 11) is 0. The lowest BCUT2D eigenvalue weighted by molar-refractivity contribution is 0.712. The lowest BCUT2D eigenvalue weighted by Crippen LogP contribution is -2.38. The second-order valence-electron chi connectivity index (χ2n) is 4.12. The van der Waals surface area contributed by atoms with Gasteiger partial charge in [0.1, 0.15) is 0 Å². The highest BCUT2D eigenvalue weighted by Crippen LogP contribution is 2.25. The number of nitrogens with zero attached hydrogens (tertiary/aromatic N) is 1. The van der Waals surface area contributed by atoms with Crippen molar-refractivity contribution in [3.63, 3.8) is 0 Å². The Morgan fingerprint density at radius 2 is 2.29 bits per heavy atom. The molecule has 1 unspecified atom stereocenters. The molecule has 17 heavy (non-hydrogen) atoms. The molecule has 0 saturated heterocycles. The SMILES string of the molecule is CC1CN=C(NCCc2cccc(Cl)c2Cl)N1. The largest absolute Gasteiger partial charge is 0.356 e. The molecule has 0 aliphatic carbocycles. The fourth-order valence-electron chi connectivity index (χ4n) is 1.72. The Hall–Kier alpha value is -0.930. The van der Waals surface area contributed by atoms with E-state index >= 15 is 0 Å². The van der Waals surface area contributed by atoms with Crippen molar-refractivity contribution in [3.8, 4) is 0 Å². The number of benzene rings is 1. The van der Waals surface area contributed by atoms with E-state index in [0.717, 1.165) is 31.0 Å². The van der Waals surface area contributed by atoms with Crippen LogP contribution in [0, 0.1) is 0 Å². The van der Waals surface area contributed by atoms with Gasteiger partial charge in [-0.3, -0.25) is 4.99 Å². The topological polar surface area (TPSA) is 36.4 Å². The maximum atomic E-state index is 6.11. The third-order valence-corrected chi connectivity index (χ3v) is 3.48. The predicted octanol–water partition coefficient (Wildman–Crippen LogP) is 2.47. The molecule has 3 nitrogen and oxygen atoms in total. The molecule has 1 atom stereocenters. The summed E-state index contributed by atoms with van der Waals surface area (Å²) >= 11 is 12.1. The summed E-state index contributed by atoms with van der Waals surface area (Å²) in [5, 5.41) is 7.74. The molecule has 1 aliphatic heterocycles. The second-order valence-corrected chi connectivity index (χ2v) is 4.91. The number of nitrogens with one attached hydrogen (secondary N) is 2. The van der Waals surface area contributed by atoms with Gasteiger partial charge >= 0.3 is 0 Å². The molecule has 0 radical (unpaired) electrons. The number of hydrogen-bond donors (Lipinski definition) is 2. The minimum absolute atomic E-state index is 0.423. The lowest BCUT2D eigenvalue weighted by atomic mass is 10.1. The first-order valence-corrected chi connectivity index (χ1v) is 6.40. The first-order chi connectivity index (χ1) is 8.16. The minimum Gasteiger partial charge on any atom is -0.356 e. The van der Waals surface area contributed by atoms with Crippen molar-refractivity contribution in [3.05, 3.63) is 33.8 Å². The van der Waals surface area contributed by atoms with Crippen LogP contribution in [0.2, 0.25) is 10.0 Å². The van der Waals surface area contributed by atoms with Gasteiger partial charge in [-0.15, -0.1) is 0 Å². The number of hydrogen-bond acceptors (Lipinski definition) is 3. The molecule has 92 valence electrons. The van der Waals surface area contributed by atoms with E-state index in [4.69, 9.17) is 23.2 Å². The molecule has 0 aromatic heterocycles. The molecular weight excluding hydrogens is 257 g/mol. The van der Waals surface area contributed by atoms with Crippen LogP contribution in [0.15, 0.2) is 23.2 Å². The van der Waals surface area contributed by atoms with Gasteiger partial charge in [0.25, 0.3) is 0 Å². The second kappa shape index (κ2) is 5.61. The van der Waals surface area contributed by atoms with Gasteiger partial charge in [-0.25, -0.2) is 0 Å². The summed E-state index contributed by atoms with van der Waals surface area (Å²) in [5.74, 6) is 0.871. The monoisotopic (exact) mass is 271 g/mol. The highest BCUT2D eigenvalue weighted by Gasteiger charge is 2.11. The molecular formula is C12H15Cl2N3. The predicted molar refractivity (Wildman–Crippen MR) is 73.1 cm³/mol. The van der Waals surface area contributed by atoms with Gasteiger partial charge < -0.3 is 10.6 Å². The van der Waals surface area contributed by atoms with Crippen molar-refractivity contribution in [2.24, 2.45) is 4.99 Å². The summed E-state index contributed by atoms with van der Waals surface area (Å²) < 4.78 is 0. The maximum Gasteiger partial charge on any atom is 0.191 e. The quantitative estimate of drug-likeness (QED) is 0.886. The standard InChI is InChI=1S/C12H15Cl2N3/c1-8-7-16-12(17-8)15-6-5-9-3-2-4-10(13)11(9)14/h2-4,8H,5-7H2,1H3,(H2,15,16,17). The van der Waals surface area contributed by atoms with Gasteiger partial charge in [-0.1, -0.05) is 35.3 Å². The van der Waals surface area contributed by atoms with Crippen LogP contribution in [0.1, 0.15) is 12.5 Å². The molecule has 1 heterocycles. The van der Waals surface area contributed by atoms with E-state index < -0.39 is 0 Å². The number of aliphatic imine (C=N–C) groups is 1. The van der Waals surface area contributed by atoms with E-state index in [1.807, 2.05) is 12.1 Å². The molecule has 1 aliphatic rings. The van der Waals surface area contributed by atoms with Crippen LogP contribution in [-0.2, 0) is 6.42 Å². The zero-order valence-corrected chi connectivity index (χ0v) is 11.1. The van der Waals surface area contributed by atoms with Crippen LogP contribution in [0.3, 0.4) is 0 Å². The van der Waals surface area contributed by atoms with E-state index in [0.29, 0.717) is 16.1 Å².